The monoisotopic (exact) mass is 314 g/mol. The largest absolute Gasteiger partial charge is 0.493 e. The minimum Gasteiger partial charge on any atom is -0.493 e. The van der Waals surface area contributed by atoms with Gasteiger partial charge in [-0.05, 0) is 38.5 Å². The number of nitrogens with one attached hydrogen (secondary N) is 2. The lowest BCUT2D eigenvalue weighted by Gasteiger charge is -2.20. The van der Waals surface area contributed by atoms with E-state index >= 15 is 0 Å². The fourth-order valence-corrected chi connectivity index (χ4v) is 2.17. The Morgan fingerprint density at radius 3 is 2.43 bits per heavy atom. The Balaban J connectivity index is 2.60. The van der Waals surface area contributed by atoms with Crippen LogP contribution in [0.5, 0.6) is 11.5 Å². The molecule has 0 saturated carbocycles. The fourth-order valence-electron chi connectivity index (χ4n) is 1.86. The SMILES string of the molecule is COc1cc(CNCC(=O)NC(C)(C)C)cc(Cl)c1OC. The van der Waals surface area contributed by atoms with Gasteiger partial charge in [-0.1, -0.05) is 11.6 Å². The molecule has 0 aliphatic carbocycles. The molecule has 0 aromatic heterocycles. The minimum absolute atomic E-state index is 0.0472. The number of hydrogen-bond acceptors (Lipinski definition) is 4. The highest BCUT2D eigenvalue weighted by Crippen LogP contribution is 2.35. The van der Waals surface area contributed by atoms with E-state index in [9.17, 15) is 4.79 Å². The summed E-state index contributed by atoms with van der Waals surface area (Å²) in [6.45, 7) is 6.58. The molecule has 5 nitrogen and oxygen atoms in total. The van der Waals surface area contributed by atoms with Crippen molar-refractivity contribution in [2.45, 2.75) is 32.9 Å². The van der Waals surface area contributed by atoms with Gasteiger partial charge < -0.3 is 20.1 Å². The molecule has 0 bridgehead atoms. The van der Waals surface area contributed by atoms with Crippen molar-refractivity contribution in [2.75, 3.05) is 20.8 Å². The van der Waals surface area contributed by atoms with Gasteiger partial charge in [0, 0.05) is 12.1 Å². The molecule has 0 fully saturated rings. The van der Waals surface area contributed by atoms with E-state index < -0.39 is 0 Å². The Bertz CT molecular complexity index is 498. The number of amides is 1. The van der Waals surface area contributed by atoms with Gasteiger partial charge in [0.25, 0.3) is 0 Å². The summed E-state index contributed by atoms with van der Waals surface area (Å²) >= 11 is 6.13. The molecular weight excluding hydrogens is 292 g/mol. The highest BCUT2D eigenvalue weighted by Gasteiger charge is 2.14. The van der Waals surface area contributed by atoms with E-state index in [0.717, 1.165) is 5.56 Å². The minimum atomic E-state index is -0.231. The maximum atomic E-state index is 11.7. The molecule has 0 unspecified atom stereocenters. The van der Waals surface area contributed by atoms with Crippen LogP contribution in [0.4, 0.5) is 0 Å². The predicted octanol–water partition coefficient (Wildman–Crippen LogP) is 2.36. The Morgan fingerprint density at radius 2 is 1.90 bits per heavy atom. The highest BCUT2D eigenvalue weighted by atomic mass is 35.5. The maximum absolute atomic E-state index is 11.7. The zero-order chi connectivity index (χ0) is 16.0. The maximum Gasteiger partial charge on any atom is 0.234 e. The molecule has 2 N–H and O–H groups in total. The average Bonchev–Trinajstić information content (AvgIpc) is 2.35. The van der Waals surface area contributed by atoms with Crippen LogP contribution in [-0.4, -0.2) is 32.2 Å². The number of carbonyl (C=O) groups excluding carboxylic acids is 1. The van der Waals surface area contributed by atoms with E-state index in [1.54, 1.807) is 20.3 Å². The second-order valence-corrected chi connectivity index (χ2v) is 6.12. The number of hydrogen-bond donors (Lipinski definition) is 2. The van der Waals surface area contributed by atoms with Crippen molar-refractivity contribution < 1.29 is 14.3 Å². The van der Waals surface area contributed by atoms with Crippen molar-refractivity contribution in [1.29, 1.82) is 0 Å². The molecule has 0 aliphatic heterocycles. The van der Waals surface area contributed by atoms with Gasteiger partial charge in [-0.15, -0.1) is 0 Å². The molecule has 1 aromatic carbocycles. The zero-order valence-corrected chi connectivity index (χ0v) is 13.9. The molecule has 1 rings (SSSR count). The van der Waals surface area contributed by atoms with Crippen molar-refractivity contribution in [3.05, 3.63) is 22.7 Å². The van der Waals surface area contributed by atoms with Crippen LogP contribution in [0.2, 0.25) is 5.02 Å². The number of halogens is 1. The lowest BCUT2D eigenvalue weighted by atomic mass is 10.1. The fraction of sp³-hybridized carbons (Fsp3) is 0.533. The van der Waals surface area contributed by atoms with Crippen LogP contribution in [0.3, 0.4) is 0 Å². The zero-order valence-electron chi connectivity index (χ0n) is 13.2. The molecule has 0 heterocycles. The first kappa shape index (κ1) is 17.6. The third-order valence-corrected chi connectivity index (χ3v) is 2.90. The smallest absolute Gasteiger partial charge is 0.234 e. The molecule has 0 radical (unpaired) electrons. The van der Waals surface area contributed by atoms with Gasteiger partial charge in [-0.3, -0.25) is 4.79 Å². The molecule has 0 atom stereocenters. The molecule has 118 valence electrons. The quantitative estimate of drug-likeness (QED) is 0.846. The van der Waals surface area contributed by atoms with E-state index in [4.69, 9.17) is 21.1 Å². The van der Waals surface area contributed by atoms with Crippen molar-refractivity contribution >= 4 is 17.5 Å². The summed E-state index contributed by atoms with van der Waals surface area (Å²) in [7, 11) is 3.10. The second-order valence-electron chi connectivity index (χ2n) is 5.71. The second kappa shape index (κ2) is 7.52. The van der Waals surface area contributed by atoms with Crippen LogP contribution >= 0.6 is 11.6 Å². The van der Waals surface area contributed by atoms with Gasteiger partial charge in [0.1, 0.15) is 0 Å². The summed E-state index contributed by atoms with van der Waals surface area (Å²) in [6, 6.07) is 3.62. The van der Waals surface area contributed by atoms with E-state index in [1.807, 2.05) is 26.8 Å². The first-order chi connectivity index (χ1) is 9.76. The molecule has 0 aliphatic rings. The van der Waals surface area contributed by atoms with E-state index in [1.165, 1.54) is 0 Å². The summed E-state index contributed by atoms with van der Waals surface area (Å²) in [5, 5.41) is 6.44. The van der Waals surface area contributed by atoms with Gasteiger partial charge >= 0.3 is 0 Å². The number of carbonyl (C=O) groups is 1. The first-order valence-electron chi connectivity index (χ1n) is 6.69. The lowest BCUT2D eigenvalue weighted by Crippen LogP contribution is -2.44. The highest BCUT2D eigenvalue weighted by molar-refractivity contribution is 6.32. The van der Waals surface area contributed by atoms with Crippen molar-refractivity contribution in [3.63, 3.8) is 0 Å². The number of ether oxygens (including phenoxy) is 2. The first-order valence-corrected chi connectivity index (χ1v) is 7.06. The van der Waals surface area contributed by atoms with Crippen LogP contribution in [0.25, 0.3) is 0 Å². The van der Waals surface area contributed by atoms with Crippen LogP contribution in [0.1, 0.15) is 26.3 Å². The number of methoxy groups -OCH3 is 2. The van der Waals surface area contributed by atoms with Crippen molar-refractivity contribution in [1.82, 2.24) is 10.6 Å². The molecule has 6 heteroatoms. The van der Waals surface area contributed by atoms with Gasteiger partial charge in [0.15, 0.2) is 11.5 Å². The summed E-state index contributed by atoms with van der Waals surface area (Å²) in [4.78, 5) is 11.7. The lowest BCUT2D eigenvalue weighted by molar-refractivity contribution is -0.121. The van der Waals surface area contributed by atoms with E-state index in [2.05, 4.69) is 10.6 Å². The summed E-state index contributed by atoms with van der Waals surface area (Å²) < 4.78 is 10.4. The van der Waals surface area contributed by atoms with E-state index in [0.29, 0.717) is 23.1 Å². The summed E-state index contributed by atoms with van der Waals surface area (Å²) in [5.41, 5.74) is 0.687. The number of rotatable bonds is 6. The van der Waals surface area contributed by atoms with Gasteiger partial charge in [-0.25, -0.2) is 0 Å². The third kappa shape index (κ3) is 5.81. The van der Waals surface area contributed by atoms with Crippen LogP contribution < -0.4 is 20.1 Å². The van der Waals surface area contributed by atoms with Gasteiger partial charge in [0.05, 0.1) is 25.8 Å². The van der Waals surface area contributed by atoms with Crippen molar-refractivity contribution in [3.8, 4) is 11.5 Å². The van der Waals surface area contributed by atoms with Gasteiger partial charge in [0.2, 0.25) is 5.91 Å². The third-order valence-electron chi connectivity index (χ3n) is 2.62. The van der Waals surface area contributed by atoms with Crippen molar-refractivity contribution in [2.24, 2.45) is 0 Å². The molecular formula is C15H23ClN2O3. The predicted molar refractivity (Wildman–Crippen MR) is 84.2 cm³/mol. The van der Waals surface area contributed by atoms with Crippen LogP contribution in [0, 0.1) is 0 Å². The Morgan fingerprint density at radius 1 is 1.24 bits per heavy atom. The molecule has 21 heavy (non-hydrogen) atoms. The number of benzene rings is 1. The van der Waals surface area contributed by atoms with Crippen LogP contribution in [-0.2, 0) is 11.3 Å². The summed E-state index contributed by atoms with van der Waals surface area (Å²) in [6.07, 6.45) is 0. The Hall–Kier alpha value is -1.46. The molecule has 1 amide bonds. The average molecular weight is 315 g/mol. The Kier molecular flexibility index (Phi) is 6.30. The topological polar surface area (TPSA) is 59.6 Å². The molecule has 0 saturated heterocycles. The van der Waals surface area contributed by atoms with E-state index in [-0.39, 0.29) is 18.0 Å². The van der Waals surface area contributed by atoms with Crippen LogP contribution in [0.15, 0.2) is 12.1 Å². The van der Waals surface area contributed by atoms with Gasteiger partial charge in [-0.2, -0.15) is 0 Å². The standard InChI is InChI=1S/C15H23ClN2O3/c1-15(2,3)18-13(19)9-17-8-10-6-11(16)14(21-5)12(7-10)20-4/h6-7,17H,8-9H2,1-5H3,(H,18,19). The molecule has 0 spiro atoms. The Labute approximate surface area is 131 Å². The summed E-state index contributed by atoms with van der Waals surface area (Å²) in [5.74, 6) is 1.03. The normalized spacial score (nSPS) is 11.1. The molecule has 1 aromatic rings.